The molecule has 1 aromatic carbocycles. The Balaban J connectivity index is 2.89. The van der Waals surface area contributed by atoms with Gasteiger partial charge < -0.3 is 0 Å². The van der Waals surface area contributed by atoms with Crippen molar-refractivity contribution in [2.45, 2.75) is 6.92 Å². The van der Waals surface area contributed by atoms with Gasteiger partial charge in [0, 0.05) is 0 Å². The summed E-state index contributed by atoms with van der Waals surface area (Å²) in [6.07, 6.45) is 0. The SMILES string of the molecule is Cc1ccc2c(c1)=NC(=S)N=2. The van der Waals surface area contributed by atoms with Gasteiger partial charge >= 0.3 is 0 Å². The molecule has 0 saturated carbocycles. The first kappa shape index (κ1) is 6.61. The first-order valence-corrected chi connectivity index (χ1v) is 3.74. The lowest BCUT2D eigenvalue weighted by Gasteiger charge is -1.85. The van der Waals surface area contributed by atoms with Gasteiger partial charge in [-0.05, 0) is 36.8 Å². The van der Waals surface area contributed by atoms with Crippen molar-refractivity contribution in [1.82, 2.24) is 0 Å². The molecule has 3 heteroatoms. The molecule has 0 fully saturated rings. The molecule has 1 aliphatic rings. The summed E-state index contributed by atoms with van der Waals surface area (Å²) in [6, 6.07) is 5.93. The molecular weight excluding hydrogens is 156 g/mol. The van der Waals surface area contributed by atoms with E-state index >= 15 is 0 Å². The highest BCUT2D eigenvalue weighted by Crippen LogP contribution is 1.90. The number of aryl methyl sites for hydroxylation is 1. The summed E-state index contributed by atoms with van der Waals surface area (Å²) in [5.74, 6) is 0. The molecule has 1 aliphatic heterocycles. The van der Waals surface area contributed by atoms with Gasteiger partial charge in [-0.2, -0.15) is 0 Å². The van der Waals surface area contributed by atoms with Crippen molar-refractivity contribution in [1.29, 1.82) is 0 Å². The van der Waals surface area contributed by atoms with Crippen LogP contribution in [0.3, 0.4) is 0 Å². The molecule has 0 aromatic heterocycles. The molecule has 0 N–H and O–H groups in total. The summed E-state index contributed by atoms with van der Waals surface area (Å²) in [5, 5.41) is 2.22. The van der Waals surface area contributed by atoms with Crippen LogP contribution in [0.4, 0.5) is 0 Å². The van der Waals surface area contributed by atoms with Gasteiger partial charge in [0.2, 0.25) is 5.11 Å². The molecule has 11 heavy (non-hydrogen) atoms. The largest absolute Gasteiger partial charge is 0.220 e. The van der Waals surface area contributed by atoms with Gasteiger partial charge in [0.25, 0.3) is 0 Å². The fraction of sp³-hybridized carbons (Fsp3) is 0.125. The highest BCUT2D eigenvalue weighted by molar-refractivity contribution is 7.80. The Kier molecular flexibility index (Phi) is 1.32. The number of hydrogen-bond acceptors (Lipinski definition) is 1. The Morgan fingerprint density at radius 1 is 1.18 bits per heavy atom. The standard InChI is InChI=1S/C8H6N2S/c1-5-2-3-6-7(4-5)10-8(11)9-6/h2-4H,1H3. The Morgan fingerprint density at radius 2 is 1.91 bits per heavy atom. The molecule has 0 saturated heterocycles. The predicted octanol–water partition coefficient (Wildman–Crippen LogP) is 0.533. The molecule has 1 aromatic rings. The summed E-state index contributed by atoms with van der Waals surface area (Å²) in [4.78, 5) is 8.14. The second-order valence-corrected chi connectivity index (χ2v) is 2.86. The lowest BCUT2D eigenvalue weighted by molar-refractivity contribution is 1.32. The van der Waals surface area contributed by atoms with Crippen molar-refractivity contribution in [3.63, 3.8) is 0 Å². The second kappa shape index (κ2) is 2.20. The van der Waals surface area contributed by atoms with E-state index < -0.39 is 0 Å². The highest BCUT2D eigenvalue weighted by Gasteiger charge is 1.99. The number of nitrogens with zero attached hydrogens (tertiary/aromatic N) is 2. The van der Waals surface area contributed by atoms with Crippen LogP contribution in [-0.2, 0) is 0 Å². The van der Waals surface area contributed by atoms with Crippen molar-refractivity contribution in [3.05, 3.63) is 34.5 Å². The maximum atomic E-state index is 4.83. The van der Waals surface area contributed by atoms with E-state index in [1.165, 1.54) is 5.56 Å². The molecule has 0 unspecified atom stereocenters. The molecular formula is C8H6N2S. The van der Waals surface area contributed by atoms with E-state index in [1.54, 1.807) is 0 Å². The highest BCUT2D eigenvalue weighted by atomic mass is 32.1. The third-order valence-electron chi connectivity index (χ3n) is 1.56. The molecule has 0 bridgehead atoms. The average molecular weight is 162 g/mol. The van der Waals surface area contributed by atoms with Gasteiger partial charge in [-0.3, -0.25) is 0 Å². The van der Waals surface area contributed by atoms with E-state index in [9.17, 15) is 0 Å². The molecule has 1 heterocycles. The Labute approximate surface area is 69.3 Å². The van der Waals surface area contributed by atoms with E-state index in [4.69, 9.17) is 12.2 Å². The summed E-state index contributed by atoms with van der Waals surface area (Å²) < 4.78 is 0. The molecule has 2 nitrogen and oxygen atoms in total. The zero-order valence-corrected chi connectivity index (χ0v) is 6.85. The van der Waals surface area contributed by atoms with Gasteiger partial charge in [-0.25, -0.2) is 9.98 Å². The van der Waals surface area contributed by atoms with Gasteiger partial charge in [0.05, 0.1) is 10.7 Å². The fourth-order valence-electron chi connectivity index (χ4n) is 1.05. The zero-order chi connectivity index (χ0) is 7.84. The molecule has 54 valence electrons. The van der Waals surface area contributed by atoms with Crippen molar-refractivity contribution < 1.29 is 0 Å². The lowest BCUT2D eigenvalue weighted by Crippen LogP contribution is -2.20. The van der Waals surface area contributed by atoms with E-state index in [0.717, 1.165) is 10.7 Å². The predicted molar refractivity (Wildman–Crippen MR) is 46.1 cm³/mol. The molecule has 2 rings (SSSR count). The minimum absolute atomic E-state index is 0.436. The third-order valence-corrected chi connectivity index (χ3v) is 1.75. The smallest absolute Gasteiger partial charge is 0.217 e. The molecule has 0 aliphatic carbocycles. The van der Waals surface area contributed by atoms with E-state index in [1.807, 2.05) is 25.1 Å². The molecule has 0 spiro atoms. The lowest BCUT2D eigenvalue weighted by atomic mass is 10.2. The fourth-order valence-corrected chi connectivity index (χ4v) is 1.25. The van der Waals surface area contributed by atoms with E-state index in [2.05, 4.69) is 9.98 Å². The first-order valence-electron chi connectivity index (χ1n) is 3.34. The van der Waals surface area contributed by atoms with Gasteiger partial charge in [-0.15, -0.1) is 0 Å². The number of fused-ring (bicyclic) bond motifs is 1. The van der Waals surface area contributed by atoms with Crippen molar-refractivity contribution in [3.8, 4) is 0 Å². The molecule has 0 atom stereocenters. The maximum absolute atomic E-state index is 4.83. The van der Waals surface area contributed by atoms with Crippen LogP contribution in [0, 0.1) is 6.92 Å². The third kappa shape index (κ3) is 1.07. The Morgan fingerprint density at radius 3 is 2.73 bits per heavy atom. The second-order valence-electron chi connectivity index (χ2n) is 2.50. The number of hydrogen-bond donors (Lipinski definition) is 0. The van der Waals surface area contributed by atoms with Crippen molar-refractivity contribution in [2.75, 3.05) is 0 Å². The Hall–Kier alpha value is -1.09. The monoisotopic (exact) mass is 162 g/mol. The molecule has 0 radical (unpaired) electrons. The van der Waals surface area contributed by atoms with Crippen molar-refractivity contribution in [2.24, 2.45) is 9.98 Å². The van der Waals surface area contributed by atoms with Crippen LogP contribution in [0.1, 0.15) is 5.56 Å². The normalized spacial score (nSPS) is 13.7. The van der Waals surface area contributed by atoms with E-state index in [0.29, 0.717) is 5.11 Å². The van der Waals surface area contributed by atoms with Crippen LogP contribution in [-0.4, -0.2) is 5.11 Å². The average Bonchev–Trinajstić information content (AvgIpc) is 2.27. The van der Waals surface area contributed by atoms with Crippen LogP contribution in [0.5, 0.6) is 0 Å². The van der Waals surface area contributed by atoms with Gasteiger partial charge in [0.15, 0.2) is 0 Å². The summed E-state index contributed by atoms with van der Waals surface area (Å²) in [6.45, 7) is 2.02. The topological polar surface area (TPSA) is 24.7 Å². The summed E-state index contributed by atoms with van der Waals surface area (Å²) in [5.41, 5.74) is 1.19. The van der Waals surface area contributed by atoms with Crippen LogP contribution in [0.25, 0.3) is 0 Å². The van der Waals surface area contributed by atoms with Crippen molar-refractivity contribution >= 4 is 17.3 Å². The van der Waals surface area contributed by atoms with Crippen LogP contribution < -0.4 is 10.7 Å². The summed E-state index contributed by atoms with van der Waals surface area (Å²) >= 11 is 4.83. The Bertz CT molecular complexity index is 434. The zero-order valence-electron chi connectivity index (χ0n) is 6.03. The maximum Gasteiger partial charge on any atom is 0.220 e. The minimum atomic E-state index is 0.436. The van der Waals surface area contributed by atoms with Crippen LogP contribution in [0.15, 0.2) is 28.2 Å². The van der Waals surface area contributed by atoms with Gasteiger partial charge in [0.1, 0.15) is 0 Å². The van der Waals surface area contributed by atoms with E-state index in [-0.39, 0.29) is 0 Å². The number of rotatable bonds is 0. The molecule has 0 amide bonds. The quantitative estimate of drug-likeness (QED) is 0.511. The number of thiocarbonyl (C=S) groups is 1. The van der Waals surface area contributed by atoms with Crippen LogP contribution in [0.2, 0.25) is 0 Å². The first-order chi connectivity index (χ1) is 5.25. The van der Waals surface area contributed by atoms with Crippen LogP contribution >= 0.6 is 12.2 Å². The van der Waals surface area contributed by atoms with Gasteiger partial charge in [-0.1, -0.05) is 6.07 Å². The number of benzene rings is 1. The minimum Gasteiger partial charge on any atom is -0.217 e. The summed E-state index contributed by atoms with van der Waals surface area (Å²) in [7, 11) is 0.